The number of hydrogen-bond donors (Lipinski definition) is 1. The van der Waals surface area contributed by atoms with Crippen LogP contribution in [0.1, 0.15) is 43.1 Å². The Labute approximate surface area is 171 Å². The first kappa shape index (κ1) is 20.3. The summed E-state index contributed by atoms with van der Waals surface area (Å²) in [7, 11) is 0. The van der Waals surface area contributed by atoms with E-state index in [2.05, 4.69) is 5.32 Å². The number of fused-ring (bicyclic) bond motifs is 1. The molecule has 1 saturated heterocycles. The smallest absolute Gasteiger partial charge is 0.343 e. The number of nitrogens with zero attached hydrogens (tertiary/aromatic N) is 2. The number of esters is 1. The van der Waals surface area contributed by atoms with Gasteiger partial charge in [-0.3, -0.25) is 9.59 Å². The highest BCUT2D eigenvalue weighted by atomic mass is 19.1. The molecule has 0 unspecified atom stereocenters. The number of ether oxygens (including phenoxy) is 1. The quantitative estimate of drug-likeness (QED) is 0.728. The van der Waals surface area contributed by atoms with Crippen LogP contribution in [0, 0.1) is 17.6 Å². The number of rotatable bonds is 6. The zero-order chi connectivity index (χ0) is 21.6. The molecular weight excluding hydrogens is 396 g/mol. The van der Waals surface area contributed by atoms with Crippen molar-refractivity contribution in [2.45, 2.75) is 32.7 Å². The molecule has 9 heteroatoms. The summed E-state index contributed by atoms with van der Waals surface area (Å²) in [6, 6.07) is 0.969. The molecule has 2 fully saturated rings. The van der Waals surface area contributed by atoms with Crippen molar-refractivity contribution in [3.8, 4) is 0 Å². The van der Waals surface area contributed by atoms with Gasteiger partial charge in [0.25, 0.3) is 0 Å². The van der Waals surface area contributed by atoms with E-state index in [4.69, 9.17) is 4.74 Å². The Balaban J connectivity index is 1.76. The summed E-state index contributed by atoms with van der Waals surface area (Å²) in [5, 5.41) is 2.54. The van der Waals surface area contributed by atoms with E-state index in [1.165, 1.54) is 13.1 Å². The van der Waals surface area contributed by atoms with Gasteiger partial charge in [0.1, 0.15) is 17.1 Å². The first-order valence-corrected chi connectivity index (χ1v) is 10.0. The van der Waals surface area contributed by atoms with Crippen LogP contribution in [-0.2, 0) is 9.53 Å². The van der Waals surface area contributed by atoms with Crippen molar-refractivity contribution in [1.29, 1.82) is 0 Å². The van der Waals surface area contributed by atoms with Gasteiger partial charge in [-0.15, -0.1) is 0 Å². The Morgan fingerprint density at radius 3 is 2.57 bits per heavy atom. The van der Waals surface area contributed by atoms with Gasteiger partial charge in [-0.1, -0.05) is 0 Å². The summed E-state index contributed by atoms with van der Waals surface area (Å²) >= 11 is 0. The van der Waals surface area contributed by atoms with E-state index in [1.807, 2.05) is 0 Å². The number of amides is 1. The molecule has 0 spiro atoms. The topological polar surface area (TPSA) is 80.6 Å². The first-order valence-electron chi connectivity index (χ1n) is 10.0. The van der Waals surface area contributed by atoms with Crippen LogP contribution < -0.4 is 15.6 Å². The van der Waals surface area contributed by atoms with E-state index in [0.29, 0.717) is 19.6 Å². The van der Waals surface area contributed by atoms with E-state index >= 15 is 4.39 Å². The van der Waals surface area contributed by atoms with Crippen LogP contribution in [0.5, 0.6) is 0 Å². The zero-order valence-electron chi connectivity index (χ0n) is 16.8. The van der Waals surface area contributed by atoms with Gasteiger partial charge in [0.05, 0.1) is 17.5 Å². The Hall–Kier alpha value is -2.97. The second-order valence-corrected chi connectivity index (χ2v) is 7.86. The lowest BCUT2D eigenvalue weighted by atomic mass is 9.98. The molecule has 0 atom stereocenters. The van der Waals surface area contributed by atoms with Gasteiger partial charge < -0.3 is 19.5 Å². The SMILES string of the molecule is CCOC(=O)c1cn(C2CC2)c2c(F)c(N3CC(CNC(C)=O)C3)c(F)cc2c1=O. The van der Waals surface area contributed by atoms with Crippen LogP contribution in [-0.4, -0.2) is 42.7 Å². The number of anilines is 1. The Bertz CT molecular complexity index is 1090. The number of aromatic nitrogens is 1. The molecule has 4 rings (SSSR count). The van der Waals surface area contributed by atoms with E-state index in [0.717, 1.165) is 18.9 Å². The fraction of sp³-hybridized carbons (Fsp3) is 0.476. The van der Waals surface area contributed by atoms with E-state index in [1.54, 1.807) is 16.4 Å². The third-order valence-electron chi connectivity index (χ3n) is 5.53. The number of benzene rings is 1. The third kappa shape index (κ3) is 3.53. The average molecular weight is 419 g/mol. The summed E-state index contributed by atoms with van der Waals surface area (Å²) < 4.78 is 36.9. The highest BCUT2D eigenvalue weighted by Crippen LogP contribution is 2.40. The minimum absolute atomic E-state index is 0.0114. The van der Waals surface area contributed by atoms with Crippen LogP contribution in [0.25, 0.3) is 10.9 Å². The molecule has 160 valence electrons. The first-order chi connectivity index (χ1) is 14.3. The van der Waals surface area contributed by atoms with Crippen LogP contribution in [0.15, 0.2) is 17.1 Å². The van der Waals surface area contributed by atoms with Crippen molar-refractivity contribution in [1.82, 2.24) is 9.88 Å². The third-order valence-corrected chi connectivity index (χ3v) is 5.53. The Kier molecular flexibility index (Phi) is 5.21. The van der Waals surface area contributed by atoms with Crippen molar-refractivity contribution in [2.24, 2.45) is 5.92 Å². The van der Waals surface area contributed by atoms with Crippen LogP contribution in [0.2, 0.25) is 0 Å². The summed E-state index contributed by atoms with van der Waals surface area (Å²) in [5.74, 6) is -2.50. The lowest BCUT2D eigenvalue weighted by molar-refractivity contribution is -0.119. The molecule has 1 aromatic heterocycles. The molecule has 1 amide bonds. The predicted octanol–water partition coefficient (Wildman–Crippen LogP) is 2.36. The molecular formula is C21H23F2N3O4. The molecule has 1 aliphatic carbocycles. The van der Waals surface area contributed by atoms with Gasteiger partial charge in [0.15, 0.2) is 5.82 Å². The number of carbonyl (C=O) groups excluding carboxylic acids is 2. The number of carbonyl (C=O) groups is 2. The monoisotopic (exact) mass is 419 g/mol. The van der Waals surface area contributed by atoms with Crippen LogP contribution in [0.4, 0.5) is 14.5 Å². The molecule has 30 heavy (non-hydrogen) atoms. The molecule has 1 aromatic carbocycles. The van der Waals surface area contributed by atoms with Gasteiger partial charge in [-0.2, -0.15) is 0 Å². The minimum atomic E-state index is -0.849. The zero-order valence-corrected chi connectivity index (χ0v) is 16.8. The van der Waals surface area contributed by atoms with Crippen LogP contribution >= 0.6 is 0 Å². The number of halogens is 2. The highest BCUT2D eigenvalue weighted by Gasteiger charge is 2.35. The van der Waals surface area contributed by atoms with Crippen molar-refractivity contribution < 1.29 is 23.1 Å². The number of hydrogen-bond acceptors (Lipinski definition) is 5. The van der Waals surface area contributed by atoms with Crippen LogP contribution in [0.3, 0.4) is 0 Å². The van der Waals surface area contributed by atoms with Gasteiger partial charge in [0, 0.05) is 44.7 Å². The Morgan fingerprint density at radius 2 is 1.97 bits per heavy atom. The molecule has 2 aliphatic rings. The highest BCUT2D eigenvalue weighted by molar-refractivity contribution is 5.95. The molecule has 2 aromatic rings. The van der Waals surface area contributed by atoms with Gasteiger partial charge in [-0.25, -0.2) is 13.6 Å². The fourth-order valence-electron chi connectivity index (χ4n) is 3.89. The maximum atomic E-state index is 15.5. The van der Waals surface area contributed by atoms with Gasteiger partial charge >= 0.3 is 5.97 Å². The van der Waals surface area contributed by atoms with Crippen molar-refractivity contribution in [3.05, 3.63) is 39.7 Å². The van der Waals surface area contributed by atoms with E-state index in [9.17, 15) is 18.8 Å². The van der Waals surface area contributed by atoms with Gasteiger partial charge in [0.2, 0.25) is 11.3 Å². The summed E-state index contributed by atoms with van der Waals surface area (Å²) in [4.78, 5) is 37.6. The lowest BCUT2D eigenvalue weighted by Gasteiger charge is -2.41. The fourth-order valence-corrected chi connectivity index (χ4v) is 3.89. The normalized spacial score (nSPS) is 16.5. The van der Waals surface area contributed by atoms with Crippen molar-refractivity contribution in [2.75, 3.05) is 31.1 Å². The molecule has 1 saturated carbocycles. The minimum Gasteiger partial charge on any atom is -0.462 e. The number of nitrogens with one attached hydrogen (secondary N) is 1. The molecule has 0 radical (unpaired) electrons. The second kappa shape index (κ2) is 7.70. The average Bonchev–Trinajstić information content (AvgIpc) is 3.48. The second-order valence-electron chi connectivity index (χ2n) is 7.86. The maximum Gasteiger partial charge on any atom is 0.343 e. The molecule has 7 nitrogen and oxygen atoms in total. The lowest BCUT2D eigenvalue weighted by Crippen LogP contribution is -2.52. The summed E-state index contributed by atoms with van der Waals surface area (Å²) in [5.41, 5.74) is -1.13. The van der Waals surface area contributed by atoms with E-state index in [-0.39, 0.29) is 46.6 Å². The molecule has 2 heterocycles. The predicted molar refractivity (Wildman–Crippen MR) is 107 cm³/mol. The summed E-state index contributed by atoms with van der Waals surface area (Å²) in [6.07, 6.45) is 2.91. The Morgan fingerprint density at radius 1 is 1.27 bits per heavy atom. The van der Waals surface area contributed by atoms with E-state index < -0.39 is 23.0 Å². The van der Waals surface area contributed by atoms with Gasteiger partial charge in [-0.05, 0) is 25.8 Å². The standard InChI is InChI=1S/C21H23F2N3O4/c1-3-30-21(29)15-10-26(13-4-5-13)18-14(20(15)28)6-16(22)19(17(18)23)25-8-12(9-25)7-24-11(2)27/h6,10,12-13H,3-5,7-9H2,1-2H3,(H,24,27). The largest absolute Gasteiger partial charge is 0.462 e. The molecule has 1 aliphatic heterocycles. The van der Waals surface area contributed by atoms with Crippen molar-refractivity contribution >= 4 is 28.5 Å². The molecule has 0 bridgehead atoms. The molecule has 1 N–H and O–H groups in total. The maximum absolute atomic E-state index is 15.5. The summed E-state index contributed by atoms with van der Waals surface area (Å²) in [6.45, 7) is 4.37. The van der Waals surface area contributed by atoms with Crippen molar-refractivity contribution in [3.63, 3.8) is 0 Å². The number of pyridine rings is 1.